The molecule has 0 radical (unpaired) electrons. The minimum absolute atomic E-state index is 0.277. The summed E-state index contributed by atoms with van der Waals surface area (Å²) in [7, 11) is 0. The summed E-state index contributed by atoms with van der Waals surface area (Å²) in [4.78, 5) is 31.2. The molecule has 0 fully saturated rings. The smallest absolute Gasteiger partial charge is 0.282 e. The maximum absolute atomic E-state index is 13.5. The molecular weight excluding hydrogens is 434 g/mol. The van der Waals surface area contributed by atoms with Crippen molar-refractivity contribution in [2.75, 3.05) is 34.8 Å². The molecule has 0 bridgehead atoms. The van der Waals surface area contributed by atoms with Crippen molar-refractivity contribution in [2.45, 2.75) is 20.8 Å². The van der Waals surface area contributed by atoms with Gasteiger partial charge in [-0.05, 0) is 80.7 Å². The van der Waals surface area contributed by atoms with E-state index in [0.29, 0.717) is 23.6 Å². The van der Waals surface area contributed by atoms with Gasteiger partial charge in [-0.3, -0.25) is 9.59 Å². The molecule has 1 aromatic heterocycles. The number of carbonyl (C=O) groups is 2. The second-order valence-electron chi connectivity index (χ2n) is 7.44. The zero-order chi connectivity index (χ0) is 23.4. The lowest BCUT2D eigenvalue weighted by molar-refractivity contribution is -0.120. The number of imide groups is 1. The van der Waals surface area contributed by atoms with Crippen molar-refractivity contribution in [3.05, 3.63) is 76.6 Å². The maximum Gasteiger partial charge on any atom is 0.282 e. The Labute approximate surface area is 198 Å². The second kappa shape index (κ2) is 9.92. The molecule has 3 aromatic rings. The molecule has 7 heteroatoms. The average molecular weight is 462 g/mol. The summed E-state index contributed by atoms with van der Waals surface area (Å²) in [5.74, 6) is 0.0543. The average Bonchev–Trinajstić information content (AvgIpc) is 3.43. The van der Waals surface area contributed by atoms with E-state index in [9.17, 15) is 9.59 Å². The van der Waals surface area contributed by atoms with E-state index in [4.69, 9.17) is 4.74 Å². The molecule has 0 spiro atoms. The molecule has 0 saturated heterocycles. The van der Waals surface area contributed by atoms with E-state index in [1.54, 1.807) is 0 Å². The third-order valence-corrected chi connectivity index (χ3v) is 6.41. The van der Waals surface area contributed by atoms with Gasteiger partial charge in [0.1, 0.15) is 11.4 Å². The number of ether oxygens (including phenoxy) is 1. The van der Waals surface area contributed by atoms with Crippen LogP contribution in [-0.2, 0) is 9.59 Å². The molecule has 0 saturated carbocycles. The van der Waals surface area contributed by atoms with Gasteiger partial charge in [0.05, 0.1) is 17.9 Å². The van der Waals surface area contributed by atoms with E-state index in [0.717, 1.165) is 29.4 Å². The normalized spacial score (nSPS) is 13.6. The first-order chi connectivity index (χ1) is 16.1. The van der Waals surface area contributed by atoms with Gasteiger partial charge in [0.15, 0.2) is 0 Å². The number of hydrogen-bond donors (Lipinski definition) is 1. The fourth-order valence-electron chi connectivity index (χ4n) is 3.88. The minimum atomic E-state index is -0.368. The number of hydrogen-bond acceptors (Lipinski definition) is 6. The highest BCUT2D eigenvalue weighted by Crippen LogP contribution is 2.36. The van der Waals surface area contributed by atoms with Crippen LogP contribution in [0.3, 0.4) is 0 Å². The maximum atomic E-state index is 13.5. The van der Waals surface area contributed by atoms with Gasteiger partial charge in [0.25, 0.3) is 11.8 Å². The molecule has 0 unspecified atom stereocenters. The summed E-state index contributed by atoms with van der Waals surface area (Å²) < 4.78 is 5.50. The largest absolute Gasteiger partial charge is 0.494 e. The van der Waals surface area contributed by atoms with Crippen LogP contribution in [0.25, 0.3) is 5.57 Å². The van der Waals surface area contributed by atoms with E-state index < -0.39 is 0 Å². The van der Waals surface area contributed by atoms with Gasteiger partial charge in [-0.15, -0.1) is 11.3 Å². The predicted molar refractivity (Wildman–Crippen MR) is 135 cm³/mol. The highest BCUT2D eigenvalue weighted by molar-refractivity contribution is 7.11. The van der Waals surface area contributed by atoms with Crippen LogP contribution in [0.5, 0.6) is 5.75 Å². The Morgan fingerprint density at radius 1 is 0.909 bits per heavy atom. The van der Waals surface area contributed by atoms with E-state index in [1.165, 1.54) is 16.2 Å². The number of benzene rings is 2. The van der Waals surface area contributed by atoms with E-state index in [2.05, 4.69) is 24.1 Å². The number of nitrogens with zero attached hydrogens (tertiary/aromatic N) is 2. The Bertz CT molecular complexity index is 1150. The van der Waals surface area contributed by atoms with Gasteiger partial charge in [0.2, 0.25) is 0 Å². The van der Waals surface area contributed by atoms with Crippen molar-refractivity contribution in [2.24, 2.45) is 0 Å². The molecule has 33 heavy (non-hydrogen) atoms. The lowest BCUT2D eigenvalue weighted by Gasteiger charge is -2.22. The number of rotatable bonds is 9. The summed E-state index contributed by atoms with van der Waals surface area (Å²) in [6.45, 7) is 8.48. The van der Waals surface area contributed by atoms with Gasteiger partial charge >= 0.3 is 0 Å². The second-order valence-corrected chi connectivity index (χ2v) is 8.39. The Balaban J connectivity index is 1.67. The van der Waals surface area contributed by atoms with Crippen molar-refractivity contribution in [3.8, 4) is 5.75 Å². The van der Waals surface area contributed by atoms with Gasteiger partial charge in [0, 0.05) is 29.3 Å². The van der Waals surface area contributed by atoms with E-state index in [1.807, 2.05) is 73.0 Å². The van der Waals surface area contributed by atoms with Crippen molar-refractivity contribution in [1.29, 1.82) is 0 Å². The van der Waals surface area contributed by atoms with Crippen molar-refractivity contribution in [3.63, 3.8) is 0 Å². The van der Waals surface area contributed by atoms with Crippen molar-refractivity contribution >= 4 is 45.8 Å². The number of nitrogens with one attached hydrogen (secondary N) is 1. The zero-order valence-corrected chi connectivity index (χ0v) is 19.8. The third kappa shape index (κ3) is 4.50. The van der Waals surface area contributed by atoms with Crippen LogP contribution >= 0.6 is 11.3 Å². The van der Waals surface area contributed by atoms with Crippen LogP contribution in [0.2, 0.25) is 0 Å². The SMILES string of the molecule is CCOc1ccc(NC2=C(c3cccs3)C(=O)N(c3ccc(N(CC)CC)cc3)C2=O)cc1. The highest BCUT2D eigenvalue weighted by atomic mass is 32.1. The first-order valence-corrected chi connectivity index (χ1v) is 12.0. The summed E-state index contributed by atoms with van der Waals surface area (Å²) in [5, 5.41) is 5.09. The lowest BCUT2D eigenvalue weighted by atomic mass is 10.2. The molecule has 1 N–H and O–H groups in total. The van der Waals surface area contributed by atoms with Crippen molar-refractivity contribution in [1.82, 2.24) is 0 Å². The molecular formula is C26H27N3O3S. The third-order valence-electron chi connectivity index (χ3n) is 5.52. The number of carbonyl (C=O) groups excluding carboxylic acids is 2. The van der Waals surface area contributed by atoms with E-state index in [-0.39, 0.29) is 17.5 Å². The van der Waals surface area contributed by atoms with Crippen LogP contribution in [0, 0.1) is 0 Å². The van der Waals surface area contributed by atoms with Gasteiger partial charge in [-0.2, -0.15) is 0 Å². The van der Waals surface area contributed by atoms with Gasteiger partial charge in [-0.25, -0.2) is 4.90 Å². The Kier molecular flexibility index (Phi) is 6.79. The predicted octanol–water partition coefficient (Wildman–Crippen LogP) is 5.39. The molecule has 0 aliphatic carbocycles. The minimum Gasteiger partial charge on any atom is -0.494 e. The standard InChI is InChI=1S/C26H27N3O3S/c1-4-28(5-2)19-11-13-20(14-12-19)29-25(30)23(22-8-7-17-33-22)24(26(29)31)27-18-9-15-21(16-10-18)32-6-3/h7-17,27H,4-6H2,1-3H3. The molecule has 0 atom stereocenters. The lowest BCUT2D eigenvalue weighted by Crippen LogP contribution is -2.32. The Hall–Kier alpha value is -3.58. The van der Waals surface area contributed by atoms with Crippen LogP contribution in [0.15, 0.2) is 71.7 Å². The van der Waals surface area contributed by atoms with Crippen molar-refractivity contribution < 1.29 is 14.3 Å². The topological polar surface area (TPSA) is 61.9 Å². The Morgan fingerprint density at radius 3 is 2.18 bits per heavy atom. The van der Waals surface area contributed by atoms with Crippen LogP contribution in [-0.4, -0.2) is 31.5 Å². The summed E-state index contributed by atoms with van der Waals surface area (Å²) in [6.07, 6.45) is 0. The number of amides is 2. The molecule has 4 rings (SSSR count). The molecule has 1 aliphatic heterocycles. The summed E-state index contributed by atoms with van der Waals surface area (Å²) >= 11 is 1.43. The van der Waals surface area contributed by atoms with Gasteiger partial charge in [-0.1, -0.05) is 6.07 Å². The van der Waals surface area contributed by atoms with Crippen LogP contribution in [0.1, 0.15) is 25.6 Å². The van der Waals surface area contributed by atoms with E-state index >= 15 is 0 Å². The molecule has 170 valence electrons. The summed E-state index contributed by atoms with van der Waals surface area (Å²) in [6, 6.07) is 18.6. The number of thiophene rings is 1. The van der Waals surface area contributed by atoms with Crippen LogP contribution < -0.4 is 19.9 Å². The fourth-order valence-corrected chi connectivity index (χ4v) is 4.64. The van der Waals surface area contributed by atoms with Crippen LogP contribution in [0.4, 0.5) is 17.1 Å². The molecule has 2 amide bonds. The molecule has 2 aromatic carbocycles. The molecule has 1 aliphatic rings. The quantitative estimate of drug-likeness (QED) is 0.433. The first kappa shape index (κ1) is 22.6. The zero-order valence-electron chi connectivity index (χ0n) is 19.0. The molecule has 2 heterocycles. The molecule has 6 nitrogen and oxygen atoms in total. The van der Waals surface area contributed by atoms with Gasteiger partial charge < -0.3 is 15.0 Å². The highest BCUT2D eigenvalue weighted by Gasteiger charge is 2.40. The fraction of sp³-hybridized carbons (Fsp3) is 0.231. The monoisotopic (exact) mass is 461 g/mol. The first-order valence-electron chi connectivity index (χ1n) is 11.1. The number of anilines is 3. The summed E-state index contributed by atoms with van der Waals surface area (Å²) in [5.41, 5.74) is 2.99. The Morgan fingerprint density at radius 2 is 1.61 bits per heavy atom.